The zero-order valence-corrected chi connectivity index (χ0v) is 12.4. The van der Waals surface area contributed by atoms with Crippen molar-refractivity contribution in [2.45, 2.75) is 19.5 Å². The number of rotatable bonds is 2. The Morgan fingerprint density at radius 2 is 1.86 bits per heavy atom. The summed E-state index contributed by atoms with van der Waals surface area (Å²) in [6.07, 6.45) is 2.83. The second kappa shape index (κ2) is 5.43. The monoisotopic (exact) mass is 290 g/mol. The summed E-state index contributed by atoms with van der Waals surface area (Å²) < 4.78 is 0. The molecule has 3 aromatic rings. The van der Waals surface area contributed by atoms with Crippen molar-refractivity contribution in [3.05, 3.63) is 71.4 Å². The Morgan fingerprint density at radius 1 is 1.00 bits per heavy atom. The standard InChI is InChI=1S/C19H18N2O/c22-18-8-7-16(17-6-3-10-20-19(17)18)13-21-11-9-14-4-1-2-5-15(14)12-21/h1-8,10,22H,9,11-13H2. The van der Waals surface area contributed by atoms with Gasteiger partial charge in [0.05, 0.1) is 0 Å². The molecule has 2 heterocycles. The van der Waals surface area contributed by atoms with E-state index in [9.17, 15) is 5.11 Å². The van der Waals surface area contributed by atoms with Crippen molar-refractivity contribution in [2.75, 3.05) is 6.54 Å². The van der Waals surface area contributed by atoms with Crippen LogP contribution in [0.4, 0.5) is 0 Å². The van der Waals surface area contributed by atoms with Crippen molar-refractivity contribution < 1.29 is 5.11 Å². The fourth-order valence-corrected chi connectivity index (χ4v) is 3.28. The van der Waals surface area contributed by atoms with E-state index in [2.05, 4.69) is 34.1 Å². The predicted octanol–water partition coefficient (Wildman–Crippen LogP) is 3.50. The van der Waals surface area contributed by atoms with E-state index in [1.165, 1.54) is 16.7 Å². The Kier molecular flexibility index (Phi) is 3.28. The predicted molar refractivity (Wildman–Crippen MR) is 87.7 cm³/mol. The van der Waals surface area contributed by atoms with Crippen molar-refractivity contribution in [2.24, 2.45) is 0 Å². The van der Waals surface area contributed by atoms with Crippen molar-refractivity contribution in [3.8, 4) is 5.75 Å². The van der Waals surface area contributed by atoms with Crippen LogP contribution < -0.4 is 0 Å². The maximum Gasteiger partial charge on any atom is 0.141 e. The van der Waals surface area contributed by atoms with Crippen LogP contribution >= 0.6 is 0 Å². The molecule has 0 fully saturated rings. The zero-order valence-electron chi connectivity index (χ0n) is 12.4. The number of hydrogen-bond acceptors (Lipinski definition) is 3. The number of pyridine rings is 1. The number of phenols is 1. The molecule has 0 saturated carbocycles. The minimum Gasteiger partial charge on any atom is -0.506 e. The summed E-state index contributed by atoms with van der Waals surface area (Å²) in [4.78, 5) is 6.76. The van der Waals surface area contributed by atoms with E-state index < -0.39 is 0 Å². The number of hydrogen-bond donors (Lipinski definition) is 1. The molecule has 3 nitrogen and oxygen atoms in total. The molecule has 0 spiro atoms. The van der Waals surface area contributed by atoms with Crippen molar-refractivity contribution >= 4 is 10.9 Å². The third-order valence-corrected chi connectivity index (χ3v) is 4.44. The largest absolute Gasteiger partial charge is 0.506 e. The fourth-order valence-electron chi connectivity index (χ4n) is 3.28. The lowest BCUT2D eigenvalue weighted by Crippen LogP contribution is -2.30. The summed E-state index contributed by atoms with van der Waals surface area (Å²) in [5.74, 6) is 0.253. The molecule has 0 atom stereocenters. The molecular formula is C19H18N2O. The van der Waals surface area contributed by atoms with Gasteiger partial charge >= 0.3 is 0 Å². The van der Waals surface area contributed by atoms with E-state index in [1.54, 1.807) is 12.3 Å². The molecule has 1 N–H and O–H groups in total. The lowest BCUT2D eigenvalue weighted by atomic mass is 9.99. The smallest absolute Gasteiger partial charge is 0.141 e. The fraction of sp³-hybridized carbons (Fsp3) is 0.211. The molecule has 4 rings (SSSR count). The van der Waals surface area contributed by atoms with Gasteiger partial charge in [0.15, 0.2) is 0 Å². The SMILES string of the molecule is Oc1ccc(CN2CCc3ccccc3C2)c2cccnc12. The van der Waals surface area contributed by atoms with Crippen LogP contribution in [0.1, 0.15) is 16.7 Å². The van der Waals surface area contributed by atoms with E-state index in [4.69, 9.17) is 0 Å². The van der Waals surface area contributed by atoms with E-state index in [0.717, 1.165) is 31.4 Å². The van der Waals surface area contributed by atoms with E-state index >= 15 is 0 Å². The van der Waals surface area contributed by atoms with Crippen molar-refractivity contribution in [1.82, 2.24) is 9.88 Å². The topological polar surface area (TPSA) is 36.4 Å². The molecule has 1 aliphatic rings. The number of phenolic OH excluding ortho intramolecular Hbond substituents is 1. The second-order valence-electron chi connectivity index (χ2n) is 5.87. The highest BCUT2D eigenvalue weighted by Crippen LogP contribution is 2.28. The summed E-state index contributed by atoms with van der Waals surface area (Å²) in [5.41, 5.74) is 4.81. The number of fused-ring (bicyclic) bond motifs is 2. The number of benzene rings is 2. The van der Waals surface area contributed by atoms with Crippen LogP contribution in [0.5, 0.6) is 5.75 Å². The molecule has 0 radical (unpaired) electrons. The molecule has 3 heteroatoms. The Hall–Kier alpha value is -2.39. The van der Waals surface area contributed by atoms with Gasteiger partial charge in [0.25, 0.3) is 0 Å². The number of aromatic hydroxyl groups is 1. The molecule has 0 saturated heterocycles. The Labute approximate surface area is 129 Å². The lowest BCUT2D eigenvalue weighted by Gasteiger charge is -2.29. The first-order chi connectivity index (χ1) is 10.8. The molecule has 0 unspecified atom stereocenters. The van der Waals surface area contributed by atoms with Gasteiger partial charge in [0.1, 0.15) is 11.3 Å². The molecule has 0 aliphatic carbocycles. The second-order valence-corrected chi connectivity index (χ2v) is 5.87. The maximum absolute atomic E-state index is 9.96. The first-order valence-corrected chi connectivity index (χ1v) is 7.66. The Bertz CT molecular complexity index is 829. The van der Waals surface area contributed by atoms with Crippen LogP contribution in [0, 0.1) is 0 Å². The lowest BCUT2D eigenvalue weighted by molar-refractivity contribution is 0.246. The normalized spacial score (nSPS) is 14.9. The van der Waals surface area contributed by atoms with Crippen LogP contribution in [-0.2, 0) is 19.5 Å². The minimum absolute atomic E-state index is 0.253. The average Bonchev–Trinajstić information content (AvgIpc) is 2.58. The summed E-state index contributed by atoms with van der Waals surface area (Å²) in [6.45, 7) is 2.94. The minimum atomic E-state index is 0.253. The molecule has 1 aliphatic heterocycles. The van der Waals surface area contributed by atoms with Crippen LogP contribution in [0.2, 0.25) is 0 Å². The van der Waals surface area contributed by atoms with Gasteiger partial charge in [-0.1, -0.05) is 36.4 Å². The molecule has 22 heavy (non-hydrogen) atoms. The highest BCUT2D eigenvalue weighted by Gasteiger charge is 2.17. The molecule has 2 aromatic carbocycles. The highest BCUT2D eigenvalue weighted by atomic mass is 16.3. The number of nitrogens with zero attached hydrogens (tertiary/aromatic N) is 2. The molecular weight excluding hydrogens is 272 g/mol. The van der Waals surface area contributed by atoms with Crippen LogP contribution in [0.15, 0.2) is 54.7 Å². The van der Waals surface area contributed by atoms with Crippen LogP contribution in [0.3, 0.4) is 0 Å². The van der Waals surface area contributed by atoms with Crippen molar-refractivity contribution in [3.63, 3.8) is 0 Å². The van der Waals surface area contributed by atoms with Crippen molar-refractivity contribution in [1.29, 1.82) is 0 Å². The molecule has 110 valence electrons. The quantitative estimate of drug-likeness (QED) is 0.784. The Balaban J connectivity index is 1.64. The van der Waals surface area contributed by atoms with Gasteiger partial charge in [-0.05, 0) is 35.2 Å². The van der Waals surface area contributed by atoms with Gasteiger partial charge in [-0.15, -0.1) is 0 Å². The first-order valence-electron chi connectivity index (χ1n) is 7.66. The van der Waals surface area contributed by atoms with Gasteiger partial charge in [-0.2, -0.15) is 0 Å². The third-order valence-electron chi connectivity index (χ3n) is 4.44. The maximum atomic E-state index is 9.96. The molecule has 0 amide bonds. The van der Waals surface area contributed by atoms with Crippen LogP contribution in [0.25, 0.3) is 10.9 Å². The van der Waals surface area contributed by atoms with Gasteiger partial charge < -0.3 is 5.11 Å². The molecule has 1 aromatic heterocycles. The van der Waals surface area contributed by atoms with Gasteiger partial charge in [0, 0.05) is 31.2 Å². The Morgan fingerprint density at radius 3 is 2.77 bits per heavy atom. The highest BCUT2D eigenvalue weighted by molar-refractivity contribution is 5.87. The van der Waals surface area contributed by atoms with E-state index in [1.807, 2.05) is 18.2 Å². The van der Waals surface area contributed by atoms with E-state index in [-0.39, 0.29) is 5.75 Å². The van der Waals surface area contributed by atoms with E-state index in [0.29, 0.717) is 5.52 Å². The van der Waals surface area contributed by atoms with Crippen LogP contribution in [-0.4, -0.2) is 21.5 Å². The zero-order chi connectivity index (χ0) is 14.9. The van der Waals surface area contributed by atoms with Gasteiger partial charge in [-0.25, -0.2) is 0 Å². The summed E-state index contributed by atoms with van der Waals surface area (Å²) >= 11 is 0. The summed E-state index contributed by atoms with van der Waals surface area (Å²) in [6, 6.07) is 16.4. The summed E-state index contributed by atoms with van der Waals surface area (Å²) in [7, 11) is 0. The first kappa shape index (κ1) is 13.3. The average molecular weight is 290 g/mol. The molecule has 0 bridgehead atoms. The third kappa shape index (κ3) is 2.34. The van der Waals surface area contributed by atoms with Gasteiger partial charge in [0.2, 0.25) is 0 Å². The number of aromatic nitrogens is 1. The summed E-state index contributed by atoms with van der Waals surface area (Å²) in [5, 5.41) is 11.0. The van der Waals surface area contributed by atoms with Gasteiger partial charge in [-0.3, -0.25) is 9.88 Å².